The number of aliphatic hydroxyl groups is 1. The maximum absolute atomic E-state index is 12.6. The maximum Gasteiger partial charge on any atom is 0.331 e. The summed E-state index contributed by atoms with van der Waals surface area (Å²) in [4.78, 5) is 24.5. The summed E-state index contributed by atoms with van der Waals surface area (Å²) in [5.41, 5.74) is 0.858. The van der Waals surface area contributed by atoms with Crippen molar-refractivity contribution in [2.24, 2.45) is 29.1 Å². The molecule has 4 heteroatoms. The fourth-order valence-electron chi connectivity index (χ4n) is 5.33. The van der Waals surface area contributed by atoms with Crippen LogP contribution in [0, 0.1) is 29.1 Å². The van der Waals surface area contributed by atoms with Crippen molar-refractivity contribution in [1.29, 1.82) is 0 Å². The third kappa shape index (κ3) is 4.22. The molecule has 28 heavy (non-hydrogen) atoms. The molecule has 2 aliphatic carbocycles. The van der Waals surface area contributed by atoms with Crippen LogP contribution in [-0.2, 0) is 14.3 Å². The van der Waals surface area contributed by atoms with Crippen molar-refractivity contribution >= 4 is 18.3 Å². The average molecular weight is 385 g/mol. The minimum Gasteiger partial charge on any atom is -0.459 e. The van der Waals surface area contributed by atoms with Gasteiger partial charge in [-0.15, -0.1) is 0 Å². The highest BCUT2D eigenvalue weighted by Gasteiger charge is 2.55. The molecule has 1 N–H and O–H groups in total. The minimum absolute atomic E-state index is 0.0791. The first-order chi connectivity index (χ1) is 13.4. The molecule has 4 nitrogen and oxygen atoms in total. The molecule has 0 heterocycles. The van der Waals surface area contributed by atoms with Gasteiger partial charge in [-0.05, 0) is 54.6 Å². The number of esters is 1. The van der Waals surface area contributed by atoms with Gasteiger partial charge in [-0.2, -0.15) is 0 Å². The SMILES string of the molecule is CC(C)[C@@H]1CC[C@@]2(C)CC[C@H](O)[C@@H](C=O)[C@@H]2[C@@H]1OC(=O)/C=C/c1ccccc1. The zero-order valence-electron chi connectivity index (χ0n) is 17.1. The van der Waals surface area contributed by atoms with Gasteiger partial charge in [0.25, 0.3) is 0 Å². The van der Waals surface area contributed by atoms with E-state index < -0.39 is 12.0 Å². The molecule has 0 spiro atoms. The Morgan fingerprint density at radius 1 is 1.21 bits per heavy atom. The van der Waals surface area contributed by atoms with E-state index in [1.165, 1.54) is 6.08 Å². The van der Waals surface area contributed by atoms with Gasteiger partial charge >= 0.3 is 5.97 Å². The molecule has 0 saturated heterocycles. The summed E-state index contributed by atoms with van der Waals surface area (Å²) >= 11 is 0. The van der Waals surface area contributed by atoms with E-state index in [2.05, 4.69) is 20.8 Å². The molecular weight excluding hydrogens is 352 g/mol. The Hall–Kier alpha value is -1.94. The number of aliphatic hydroxyl groups excluding tert-OH is 1. The van der Waals surface area contributed by atoms with Crippen molar-refractivity contribution < 1.29 is 19.4 Å². The second-order valence-corrected chi connectivity index (χ2v) is 9.09. The number of ether oxygens (including phenoxy) is 1. The zero-order valence-corrected chi connectivity index (χ0v) is 17.1. The van der Waals surface area contributed by atoms with Crippen LogP contribution >= 0.6 is 0 Å². The normalized spacial score (nSPS) is 35.5. The lowest BCUT2D eigenvalue weighted by Crippen LogP contribution is -2.56. The number of carbonyl (C=O) groups excluding carboxylic acids is 2. The third-order valence-electron chi connectivity index (χ3n) is 6.98. The average Bonchev–Trinajstić information content (AvgIpc) is 2.68. The van der Waals surface area contributed by atoms with Gasteiger partial charge in [0.15, 0.2) is 0 Å². The van der Waals surface area contributed by atoms with Crippen LogP contribution in [0.1, 0.15) is 52.0 Å². The van der Waals surface area contributed by atoms with E-state index in [9.17, 15) is 14.7 Å². The van der Waals surface area contributed by atoms with Crippen LogP contribution in [0.15, 0.2) is 36.4 Å². The molecule has 3 rings (SSSR count). The van der Waals surface area contributed by atoms with E-state index in [1.54, 1.807) is 6.08 Å². The molecule has 1 aromatic carbocycles. The number of aldehydes is 1. The summed E-state index contributed by atoms with van der Waals surface area (Å²) in [6.07, 6.45) is 6.59. The van der Waals surface area contributed by atoms with Crippen LogP contribution in [0.3, 0.4) is 0 Å². The molecule has 6 atom stereocenters. The van der Waals surface area contributed by atoms with Crippen LogP contribution in [0.2, 0.25) is 0 Å². The van der Waals surface area contributed by atoms with E-state index in [0.29, 0.717) is 12.3 Å². The lowest BCUT2D eigenvalue weighted by Gasteiger charge is -2.55. The molecule has 0 amide bonds. The van der Waals surface area contributed by atoms with Gasteiger partial charge < -0.3 is 14.6 Å². The Bertz CT molecular complexity index is 711. The first kappa shape index (κ1) is 20.8. The van der Waals surface area contributed by atoms with E-state index in [0.717, 1.165) is 31.1 Å². The van der Waals surface area contributed by atoms with E-state index in [-0.39, 0.29) is 29.3 Å². The lowest BCUT2D eigenvalue weighted by atomic mass is 9.52. The predicted molar refractivity (Wildman–Crippen MR) is 109 cm³/mol. The van der Waals surface area contributed by atoms with Gasteiger partial charge in [-0.25, -0.2) is 4.79 Å². The summed E-state index contributed by atoms with van der Waals surface area (Å²) in [5.74, 6) is -0.458. The monoisotopic (exact) mass is 384 g/mol. The van der Waals surface area contributed by atoms with Gasteiger partial charge in [0.2, 0.25) is 0 Å². The topological polar surface area (TPSA) is 63.6 Å². The second kappa shape index (κ2) is 8.60. The predicted octanol–water partition coefficient (Wildman–Crippen LogP) is 4.27. The van der Waals surface area contributed by atoms with Crippen molar-refractivity contribution in [3.63, 3.8) is 0 Å². The molecule has 2 fully saturated rings. The summed E-state index contributed by atoms with van der Waals surface area (Å²) in [7, 11) is 0. The first-order valence-corrected chi connectivity index (χ1v) is 10.4. The molecule has 0 radical (unpaired) electrons. The Morgan fingerprint density at radius 2 is 1.89 bits per heavy atom. The first-order valence-electron chi connectivity index (χ1n) is 10.4. The van der Waals surface area contributed by atoms with Crippen LogP contribution < -0.4 is 0 Å². The van der Waals surface area contributed by atoms with Crippen molar-refractivity contribution in [3.8, 4) is 0 Å². The van der Waals surface area contributed by atoms with E-state index in [4.69, 9.17) is 4.74 Å². The van der Waals surface area contributed by atoms with E-state index >= 15 is 0 Å². The van der Waals surface area contributed by atoms with Crippen molar-refractivity contribution in [2.75, 3.05) is 0 Å². The van der Waals surface area contributed by atoms with Gasteiger partial charge in [0, 0.05) is 17.9 Å². The Kier molecular flexibility index (Phi) is 6.39. The molecule has 2 saturated carbocycles. The maximum atomic E-state index is 12.6. The van der Waals surface area contributed by atoms with Gasteiger partial charge in [-0.3, -0.25) is 0 Å². The second-order valence-electron chi connectivity index (χ2n) is 9.09. The van der Waals surface area contributed by atoms with Crippen LogP contribution in [0.25, 0.3) is 6.08 Å². The summed E-state index contributed by atoms with van der Waals surface area (Å²) in [6, 6.07) is 9.63. The fraction of sp³-hybridized carbons (Fsp3) is 0.583. The van der Waals surface area contributed by atoms with E-state index in [1.807, 2.05) is 30.3 Å². The summed E-state index contributed by atoms with van der Waals surface area (Å²) < 4.78 is 6.01. The minimum atomic E-state index is -0.650. The highest BCUT2D eigenvalue weighted by molar-refractivity contribution is 5.87. The smallest absolute Gasteiger partial charge is 0.331 e. The summed E-state index contributed by atoms with van der Waals surface area (Å²) in [6.45, 7) is 6.48. The molecule has 1 aromatic rings. The lowest BCUT2D eigenvalue weighted by molar-refractivity contribution is -0.181. The Morgan fingerprint density at radius 3 is 2.54 bits per heavy atom. The number of carbonyl (C=O) groups is 2. The third-order valence-corrected chi connectivity index (χ3v) is 6.98. The molecule has 0 aliphatic heterocycles. The van der Waals surface area contributed by atoms with Gasteiger partial charge in [0.05, 0.1) is 6.10 Å². The van der Waals surface area contributed by atoms with Crippen LogP contribution in [0.4, 0.5) is 0 Å². The Balaban J connectivity index is 1.85. The highest BCUT2D eigenvalue weighted by Crippen LogP contribution is 2.55. The highest BCUT2D eigenvalue weighted by atomic mass is 16.5. The number of hydrogen-bond donors (Lipinski definition) is 1. The van der Waals surface area contributed by atoms with Gasteiger partial charge in [0.1, 0.15) is 12.4 Å². The molecular formula is C24H32O4. The van der Waals surface area contributed by atoms with Crippen molar-refractivity contribution in [2.45, 2.75) is 58.7 Å². The Labute approximate surface area is 168 Å². The van der Waals surface area contributed by atoms with Crippen molar-refractivity contribution in [1.82, 2.24) is 0 Å². The van der Waals surface area contributed by atoms with Gasteiger partial charge in [-0.1, -0.05) is 51.1 Å². The molecule has 2 aliphatic rings. The number of rotatable bonds is 5. The fourth-order valence-corrected chi connectivity index (χ4v) is 5.33. The standard InChI is InChI=1S/C24H32O4/c1-16(2)18-11-13-24(3)14-12-20(26)19(15-25)22(24)23(18)28-21(27)10-9-17-7-5-4-6-8-17/h4-10,15-16,18-20,22-23,26H,11-14H2,1-3H3/b10-9+/t18-,19+,20-,22+,23+,24-/m0/s1. The summed E-state index contributed by atoms with van der Waals surface area (Å²) in [5, 5.41) is 10.5. The number of benzene rings is 1. The number of hydrogen-bond acceptors (Lipinski definition) is 4. The quantitative estimate of drug-likeness (QED) is 0.468. The van der Waals surface area contributed by atoms with Crippen molar-refractivity contribution in [3.05, 3.63) is 42.0 Å². The largest absolute Gasteiger partial charge is 0.459 e. The zero-order chi connectivity index (χ0) is 20.3. The molecule has 0 bridgehead atoms. The van der Waals surface area contributed by atoms with Crippen LogP contribution in [-0.4, -0.2) is 29.6 Å². The molecule has 0 unspecified atom stereocenters. The van der Waals surface area contributed by atoms with Crippen LogP contribution in [0.5, 0.6) is 0 Å². The molecule has 0 aromatic heterocycles. The number of fused-ring (bicyclic) bond motifs is 1. The molecule has 152 valence electrons.